The van der Waals surface area contributed by atoms with Gasteiger partial charge in [-0.05, 0) is 54.6 Å². The highest BCUT2D eigenvalue weighted by atomic mass is 16.4. The summed E-state index contributed by atoms with van der Waals surface area (Å²) in [5, 5.41) is 10.5. The van der Waals surface area contributed by atoms with Crippen molar-refractivity contribution >= 4 is 16.9 Å². The third-order valence-electron chi connectivity index (χ3n) is 4.13. The van der Waals surface area contributed by atoms with Crippen LogP contribution in [0.2, 0.25) is 0 Å². The van der Waals surface area contributed by atoms with Crippen LogP contribution in [0.1, 0.15) is 48.7 Å². The van der Waals surface area contributed by atoms with Crippen molar-refractivity contribution in [1.82, 2.24) is 4.57 Å². The first kappa shape index (κ1) is 17.5. The molecule has 5 N–H and O–H groups in total. The zero-order valence-electron chi connectivity index (χ0n) is 14.2. The smallest absolute Gasteiger partial charge is 0.335 e. The summed E-state index contributed by atoms with van der Waals surface area (Å²) in [4.78, 5) is 11.5. The lowest BCUT2D eigenvalue weighted by molar-refractivity contribution is 0.0697. The summed E-state index contributed by atoms with van der Waals surface area (Å²) in [6.07, 6.45) is 3.73. The van der Waals surface area contributed by atoms with Crippen molar-refractivity contribution < 1.29 is 9.90 Å². The minimum atomic E-state index is -0.897. The molecule has 0 bridgehead atoms. The fourth-order valence-electron chi connectivity index (χ4n) is 3.00. The van der Waals surface area contributed by atoms with E-state index in [0.29, 0.717) is 18.7 Å². The highest BCUT2D eigenvalue weighted by Gasteiger charge is 2.23. The lowest BCUT2D eigenvalue weighted by Crippen LogP contribution is -2.15. The number of nitrogens with zero attached hydrogens (tertiary/aromatic N) is 1. The number of nitrogens with two attached hydrogens (primary N) is 2. The molecule has 0 saturated heterocycles. The lowest BCUT2D eigenvalue weighted by atomic mass is 9.84. The minimum absolute atomic E-state index is 0.150. The highest BCUT2D eigenvalue weighted by molar-refractivity contribution is 5.97. The Morgan fingerprint density at radius 1 is 1.22 bits per heavy atom. The topological polar surface area (TPSA) is 94.3 Å². The van der Waals surface area contributed by atoms with Gasteiger partial charge in [-0.1, -0.05) is 20.8 Å². The zero-order valence-corrected chi connectivity index (χ0v) is 14.2. The van der Waals surface area contributed by atoms with Crippen LogP contribution in [0.25, 0.3) is 10.9 Å². The molecule has 0 saturated carbocycles. The normalized spacial score (nSPS) is 12.0. The largest absolute Gasteiger partial charge is 0.478 e. The molecule has 0 radical (unpaired) electrons. The number of benzene rings is 1. The molecular weight excluding hydrogens is 290 g/mol. The van der Waals surface area contributed by atoms with Crippen LogP contribution in [0.4, 0.5) is 0 Å². The molecule has 0 aliphatic carbocycles. The average molecular weight is 317 g/mol. The quantitative estimate of drug-likeness (QED) is 0.763. The second kappa shape index (κ2) is 6.72. The number of carboxylic acids is 1. The Labute approximate surface area is 137 Å². The van der Waals surface area contributed by atoms with Crippen LogP contribution in [-0.2, 0) is 18.4 Å². The molecule has 2 aromatic rings. The van der Waals surface area contributed by atoms with Gasteiger partial charge in [0.25, 0.3) is 0 Å². The fraction of sp³-hybridized carbons (Fsp3) is 0.500. The Morgan fingerprint density at radius 2 is 1.91 bits per heavy atom. The predicted octanol–water partition coefficient (Wildman–Crippen LogP) is 2.49. The van der Waals surface area contributed by atoms with Crippen LogP contribution in [0, 0.1) is 0 Å². The van der Waals surface area contributed by atoms with E-state index in [2.05, 4.69) is 31.5 Å². The van der Waals surface area contributed by atoms with E-state index in [1.54, 1.807) is 12.1 Å². The number of aromatic carboxylic acids is 1. The van der Waals surface area contributed by atoms with E-state index < -0.39 is 5.97 Å². The summed E-state index contributed by atoms with van der Waals surface area (Å²) in [5.74, 6) is -0.897. The predicted molar refractivity (Wildman–Crippen MR) is 94.0 cm³/mol. The van der Waals surface area contributed by atoms with Crippen molar-refractivity contribution in [3.63, 3.8) is 0 Å². The third kappa shape index (κ3) is 3.57. The summed E-state index contributed by atoms with van der Waals surface area (Å²) in [6, 6.07) is 3.58. The van der Waals surface area contributed by atoms with Crippen LogP contribution >= 0.6 is 0 Å². The van der Waals surface area contributed by atoms with Crippen molar-refractivity contribution in [3.05, 3.63) is 35.0 Å². The highest BCUT2D eigenvalue weighted by Crippen LogP contribution is 2.34. The molecular formula is C18H27N3O2. The number of hydrogen-bond donors (Lipinski definition) is 3. The average Bonchev–Trinajstić information content (AvgIpc) is 2.81. The van der Waals surface area contributed by atoms with Gasteiger partial charge in [-0.15, -0.1) is 0 Å². The second-order valence-electron chi connectivity index (χ2n) is 7.00. The molecule has 1 aromatic heterocycles. The molecule has 5 heteroatoms. The molecule has 2 rings (SSSR count). The van der Waals surface area contributed by atoms with E-state index in [9.17, 15) is 9.90 Å². The molecule has 0 spiro atoms. The molecule has 0 atom stereocenters. The standard InChI is InChI=1S/C18H27N3O2/c1-18(2,3)15-10-13(17(22)23)9-14-12(5-7-20)11-21(16(14)15)8-4-6-19/h9-11H,4-8,19-20H2,1-3H3,(H,22,23). The Kier molecular flexibility index (Phi) is 5.12. The molecule has 1 aromatic carbocycles. The third-order valence-corrected chi connectivity index (χ3v) is 4.13. The summed E-state index contributed by atoms with van der Waals surface area (Å²) in [5.41, 5.74) is 14.8. The first-order chi connectivity index (χ1) is 10.8. The monoisotopic (exact) mass is 317 g/mol. The van der Waals surface area contributed by atoms with Gasteiger partial charge in [-0.3, -0.25) is 0 Å². The number of fused-ring (bicyclic) bond motifs is 1. The Balaban J connectivity index is 2.79. The van der Waals surface area contributed by atoms with Gasteiger partial charge >= 0.3 is 5.97 Å². The summed E-state index contributed by atoms with van der Waals surface area (Å²) in [7, 11) is 0. The maximum Gasteiger partial charge on any atom is 0.335 e. The van der Waals surface area contributed by atoms with Gasteiger partial charge in [-0.25, -0.2) is 4.79 Å². The fourth-order valence-corrected chi connectivity index (χ4v) is 3.00. The van der Waals surface area contributed by atoms with E-state index in [0.717, 1.165) is 41.4 Å². The van der Waals surface area contributed by atoms with Gasteiger partial charge in [-0.2, -0.15) is 0 Å². The van der Waals surface area contributed by atoms with Gasteiger partial charge < -0.3 is 21.1 Å². The first-order valence-corrected chi connectivity index (χ1v) is 8.09. The molecule has 0 amide bonds. The molecule has 5 nitrogen and oxygen atoms in total. The second-order valence-corrected chi connectivity index (χ2v) is 7.00. The molecule has 0 fully saturated rings. The summed E-state index contributed by atoms with van der Waals surface area (Å²) < 4.78 is 2.21. The van der Waals surface area contributed by atoms with E-state index >= 15 is 0 Å². The summed E-state index contributed by atoms with van der Waals surface area (Å²) >= 11 is 0. The summed E-state index contributed by atoms with van der Waals surface area (Å²) in [6.45, 7) is 8.32. The SMILES string of the molecule is CC(C)(C)c1cc(C(=O)O)cc2c(CCN)cn(CCCN)c12. The Morgan fingerprint density at radius 3 is 2.43 bits per heavy atom. The van der Waals surface area contributed by atoms with Gasteiger partial charge in [0.15, 0.2) is 0 Å². The molecule has 0 aliphatic rings. The number of rotatable bonds is 6. The van der Waals surface area contributed by atoms with Gasteiger partial charge in [0.1, 0.15) is 0 Å². The van der Waals surface area contributed by atoms with E-state index in [1.165, 1.54) is 0 Å². The minimum Gasteiger partial charge on any atom is -0.478 e. The van der Waals surface area contributed by atoms with Crippen LogP contribution in [0.3, 0.4) is 0 Å². The number of hydrogen-bond acceptors (Lipinski definition) is 3. The van der Waals surface area contributed by atoms with E-state index in [-0.39, 0.29) is 5.41 Å². The van der Waals surface area contributed by atoms with Crippen molar-refractivity contribution in [2.75, 3.05) is 13.1 Å². The maximum absolute atomic E-state index is 11.5. The van der Waals surface area contributed by atoms with Gasteiger partial charge in [0.05, 0.1) is 11.1 Å². The molecule has 1 heterocycles. The number of aromatic nitrogens is 1. The van der Waals surface area contributed by atoms with Crippen LogP contribution in [0.15, 0.2) is 18.3 Å². The zero-order chi connectivity index (χ0) is 17.2. The maximum atomic E-state index is 11.5. The van der Waals surface area contributed by atoms with Crippen molar-refractivity contribution in [2.45, 2.75) is 45.6 Å². The number of carboxylic acid groups (broad SMARTS) is 1. The number of aryl methyl sites for hydroxylation is 1. The van der Waals surface area contributed by atoms with Gasteiger partial charge in [0, 0.05) is 18.1 Å². The Hall–Kier alpha value is -1.85. The first-order valence-electron chi connectivity index (χ1n) is 8.09. The lowest BCUT2D eigenvalue weighted by Gasteiger charge is -2.22. The number of carbonyl (C=O) groups is 1. The van der Waals surface area contributed by atoms with Crippen molar-refractivity contribution in [3.8, 4) is 0 Å². The van der Waals surface area contributed by atoms with E-state index in [1.807, 2.05) is 0 Å². The molecule has 0 unspecified atom stereocenters. The van der Waals surface area contributed by atoms with Crippen LogP contribution in [0.5, 0.6) is 0 Å². The van der Waals surface area contributed by atoms with Crippen LogP contribution < -0.4 is 11.5 Å². The van der Waals surface area contributed by atoms with Crippen molar-refractivity contribution in [2.24, 2.45) is 11.5 Å². The molecule has 0 aliphatic heterocycles. The Bertz CT molecular complexity index is 711. The van der Waals surface area contributed by atoms with Crippen molar-refractivity contribution in [1.29, 1.82) is 0 Å². The van der Waals surface area contributed by atoms with Crippen LogP contribution in [-0.4, -0.2) is 28.7 Å². The molecule has 23 heavy (non-hydrogen) atoms. The van der Waals surface area contributed by atoms with Gasteiger partial charge in [0.2, 0.25) is 0 Å². The van der Waals surface area contributed by atoms with E-state index in [4.69, 9.17) is 11.5 Å². The molecule has 126 valence electrons.